The molecule has 0 aliphatic heterocycles. The van der Waals surface area contributed by atoms with Crippen molar-refractivity contribution in [1.82, 2.24) is 0 Å². The van der Waals surface area contributed by atoms with Gasteiger partial charge in [-0.25, -0.2) is 4.79 Å². The fraction of sp³-hybridized carbons (Fsp3) is 0.520. The van der Waals surface area contributed by atoms with Gasteiger partial charge in [-0.3, -0.25) is 4.79 Å². The maximum atomic E-state index is 13.2. The fourth-order valence-electron chi connectivity index (χ4n) is 3.13. The van der Waals surface area contributed by atoms with Crippen molar-refractivity contribution in [3.63, 3.8) is 0 Å². The maximum absolute atomic E-state index is 13.2. The van der Waals surface area contributed by atoms with Gasteiger partial charge in [-0.15, -0.1) is 0 Å². The van der Waals surface area contributed by atoms with Crippen LogP contribution in [0.5, 0.6) is 0 Å². The molecule has 0 radical (unpaired) electrons. The Hall–Kier alpha value is -1.98. The van der Waals surface area contributed by atoms with Crippen molar-refractivity contribution >= 4 is 20.1 Å². The molecule has 1 aliphatic rings. The van der Waals surface area contributed by atoms with Crippen molar-refractivity contribution in [2.24, 2.45) is 5.92 Å². The molecule has 1 atom stereocenters. The van der Waals surface area contributed by atoms with Gasteiger partial charge in [0.25, 0.3) is 0 Å². The molecule has 4 nitrogen and oxygen atoms in total. The van der Waals surface area contributed by atoms with Crippen molar-refractivity contribution < 1.29 is 18.8 Å². The highest BCUT2D eigenvalue weighted by molar-refractivity contribution is 6.74. The number of Topliss-reactive ketones (excluding diaryl/α,β-unsaturated/α-hetero) is 1. The van der Waals surface area contributed by atoms with Crippen LogP contribution in [-0.2, 0) is 14.0 Å². The Morgan fingerprint density at radius 1 is 1.17 bits per heavy atom. The summed E-state index contributed by atoms with van der Waals surface area (Å²) in [7, 11) is -1.97. The topological polar surface area (TPSA) is 52.6 Å². The minimum absolute atomic E-state index is 0.0852. The summed E-state index contributed by atoms with van der Waals surface area (Å²) in [5.41, 5.74) is 1.92. The zero-order valence-corrected chi connectivity index (χ0v) is 20.5. The second-order valence-electron chi connectivity index (χ2n) is 9.52. The summed E-state index contributed by atoms with van der Waals surface area (Å²) in [4.78, 5) is 25.7. The standard InChI is InChI=1S/C25H36O4Si/c1-8-9-11-16-20-21(17-28-30(6,7)25(3,4)5)18(2)23(22(20)26)29-24(27)19-14-12-10-13-15-19/h10,12-16,21H,8-9,11,17H2,1-7H3/b20-16+/t21-/m1/s1. The van der Waals surface area contributed by atoms with Gasteiger partial charge in [0.15, 0.2) is 14.1 Å². The van der Waals surface area contributed by atoms with Crippen LogP contribution >= 0.6 is 0 Å². The molecule has 1 aromatic rings. The molecule has 2 rings (SSSR count). The van der Waals surface area contributed by atoms with Gasteiger partial charge in [0, 0.05) is 18.1 Å². The Labute approximate surface area is 182 Å². The van der Waals surface area contributed by atoms with Crippen LogP contribution in [0, 0.1) is 5.92 Å². The molecule has 30 heavy (non-hydrogen) atoms. The van der Waals surface area contributed by atoms with E-state index in [2.05, 4.69) is 40.8 Å². The first kappa shape index (κ1) is 24.3. The molecule has 1 aliphatic carbocycles. The number of ketones is 1. The number of rotatable bonds is 8. The van der Waals surface area contributed by atoms with Crippen LogP contribution in [0.15, 0.2) is 53.3 Å². The van der Waals surface area contributed by atoms with E-state index in [4.69, 9.17) is 9.16 Å². The van der Waals surface area contributed by atoms with E-state index in [0.717, 1.165) is 24.8 Å². The molecule has 1 aromatic carbocycles. The highest BCUT2D eigenvalue weighted by Crippen LogP contribution is 2.40. The first-order valence-corrected chi connectivity index (χ1v) is 13.8. The highest BCUT2D eigenvalue weighted by atomic mass is 28.4. The zero-order valence-electron chi connectivity index (χ0n) is 19.5. The number of benzene rings is 1. The van der Waals surface area contributed by atoms with Crippen molar-refractivity contribution in [2.75, 3.05) is 6.61 Å². The zero-order chi connectivity index (χ0) is 22.5. The smallest absolute Gasteiger partial charge is 0.343 e. The van der Waals surface area contributed by atoms with Gasteiger partial charge < -0.3 is 9.16 Å². The third-order valence-electron chi connectivity index (χ3n) is 6.27. The third kappa shape index (κ3) is 5.58. The lowest BCUT2D eigenvalue weighted by Gasteiger charge is -2.37. The Bertz CT molecular complexity index is 828. The summed E-state index contributed by atoms with van der Waals surface area (Å²) in [6.07, 6.45) is 4.93. The Balaban J connectivity index is 2.29. The summed E-state index contributed by atoms with van der Waals surface area (Å²) in [5.74, 6) is -0.689. The van der Waals surface area contributed by atoms with E-state index < -0.39 is 14.3 Å². The Morgan fingerprint density at radius 2 is 1.80 bits per heavy atom. The Kier molecular flexibility index (Phi) is 8.00. The molecular weight excluding hydrogens is 392 g/mol. The molecule has 5 heteroatoms. The predicted octanol–water partition coefficient (Wildman–Crippen LogP) is 6.45. The van der Waals surface area contributed by atoms with Gasteiger partial charge in [0.05, 0.1) is 5.56 Å². The SMILES string of the molecule is CCCC/C=C1/C(=O)C(OC(=O)c2ccccc2)=C(C)[C@H]1CO[Si](C)(C)C(C)(C)C. The predicted molar refractivity (Wildman–Crippen MR) is 124 cm³/mol. The van der Waals surface area contributed by atoms with Gasteiger partial charge in [-0.05, 0) is 49.2 Å². The lowest BCUT2D eigenvalue weighted by Crippen LogP contribution is -2.42. The molecule has 0 spiro atoms. The molecule has 164 valence electrons. The van der Waals surface area contributed by atoms with Crippen LogP contribution < -0.4 is 0 Å². The van der Waals surface area contributed by atoms with Crippen LogP contribution in [0.2, 0.25) is 18.1 Å². The lowest BCUT2D eigenvalue weighted by atomic mass is 9.97. The van der Waals surface area contributed by atoms with E-state index in [1.165, 1.54) is 0 Å². The van der Waals surface area contributed by atoms with Crippen LogP contribution in [0.4, 0.5) is 0 Å². The largest absolute Gasteiger partial charge is 0.419 e. The third-order valence-corrected chi connectivity index (χ3v) is 10.8. The number of ether oxygens (including phenoxy) is 1. The van der Waals surface area contributed by atoms with E-state index in [1.807, 2.05) is 19.1 Å². The fourth-order valence-corrected chi connectivity index (χ4v) is 4.15. The maximum Gasteiger partial charge on any atom is 0.343 e. The van der Waals surface area contributed by atoms with Crippen molar-refractivity contribution in [1.29, 1.82) is 0 Å². The molecule has 0 saturated heterocycles. The van der Waals surface area contributed by atoms with E-state index >= 15 is 0 Å². The molecule has 0 bridgehead atoms. The van der Waals surface area contributed by atoms with E-state index in [0.29, 0.717) is 17.7 Å². The van der Waals surface area contributed by atoms with Crippen LogP contribution in [-0.4, -0.2) is 26.7 Å². The number of hydrogen-bond acceptors (Lipinski definition) is 4. The summed E-state index contributed by atoms with van der Waals surface area (Å²) in [5, 5.41) is 0.0852. The molecule has 0 unspecified atom stereocenters. The molecule has 0 aromatic heterocycles. The molecule has 0 amide bonds. The number of hydrogen-bond donors (Lipinski definition) is 0. The molecular formula is C25H36O4Si. The van der Waals surface area contributed by atoms with E-state index in [-0.39, 0.29) is 22.5 Å². The minimum Gasteiger partial charge on any atom is -0.419 e. The molecule has 0 saturated carbocycles. The van der Waals surface area contributed by atoms with E-state index in [9.17, 15) is 9.59 Å². The lowest BCUT2D eigenvalue weighted by molar-refractivity contribution is -0.114. The van der Waals surface area contributed by atoms with Gasteiger partial charge in [-0.1, -0.05) is 64.8 Å². The summed E-state index contributed by atoms with van der Waals surface area (Å²) in [6, 6.07) is 8.77. The summed E-state index contributed by atoms with van der Waals surface area (Å²) < 4.78 is 12.0. The number of unbranched alkanes of at least 4 members (excludes halogenated alkanes) is 2. The first-order valence-electron chi connectivity index (χ1n) is 10.9. The second-order valence-corrected chi connectivity index (χ2v) is 14.3. The van der Waals surface area contributed by atoms with Gasteiger partial charge in [-0.2, -0.15) is 0 Å². The van der Waals surface area contributed by atoms with Crippen molar-refractivity contribution in [3.05, 3.63) is 58.9 Å². The number of carbonyl (C=O) groups is 2. The minimum atomic E-state index is -1.97. The summed E-state index contributed by atoms with van der Waals surface area (Å²) >= 11 is 0. The Morgan fingerprint density at radius 3 is 2.37 bits per heavy atom. The van der Waals surface area contributed by atoms with Crippen LogP contribution in [0.25, 0.3) is 0 Å². The van der Waals surface area contributed by atoms with Gasteiger partial charge in [0.2, 0.25) is 5.78 Å². The average Bonchev–Trinajstić information content (AvgIpc) is 2.90. The van der Waals surface area contributed by atoms with Gasteiger partial charge >= 0.3 is 5.97 Å². The monoisotopic (exact) mass is 428 g/mol. The summed E-state index contributed by atoms with van der Waals surface area (Å²) in [6.45, 7) is 15.5. The first-order chi connectivity index (χ1) is 14.0. The number of esters is 1. The molecule has 0 N–H and O–H groups in total. The normalized spacial score (nSPS) is 19.0. The van der Waals surface area contributed by atoms with Crippen LogP contribution in [0.1, 0.15) is 64.2 Å². The van der Waals surface area contributed by atoms with E-state index in [1.54, 1.807) is 24.3 Å². The second kappa shape index (κ2) is 9.88. The highest BCUT2D eigenvalue weighted by Gasteiger charge is 2.41. The van der Waals surface area contributed by atoms with Crippen molar-refractivity contribution in [3.8, 4) is 0 Å². The average molecular weight is 429 g/mol. The number of allylic oxidation sites excluding steroid dienone is 2. The van der Waals surface area contributed by atoms with Crippen molar-refractivity contribution in [2.45, 2.75) is 72.0 Å². The van der Waals surface area contributed by atoms with Crippen LogP contribution in [0.3, 0.4) is 0 Å². The van der Waals surface area contributed by atoms with Gasteiger partial charge in [0.1, 0.15) is 0 Å². The molecule has 0 heterocycles. The quantitative estimate of drug-likeness (QED) is 0.206. The number of carbonyl (C=O) groups excluding carboxylic acids is 2. The molecule has 0 fully saturated rings.